The Kier molecular flexibility index (Phi) is 6.05. The molecule has 1 amide bonds. The number of fused-ring (bicyclic) bond motifs is 1. The summed E-state index contributed by atoms with van der Waals surface area (Å²) in [6.07, 6.45) is 0.603. The molecule has 2 N–H and O–H groups in total. The van der Waals surface area contributed by atoms with Crippen molar-refractivity contribution in [3.63, 3.8) is 0 Å². The number of aliphatic hydroxyl groups is 1. The van der Waals surface area contributed by atoms with Crippen molar-refractivity contribution in [2.75, 3.05) is 33.7 Å². The zero-order chi connectivity index (χ0) is 18.4. The summed E-state index contributed by atoms with van der Waals surface area (Å²) in [4.78, 5) is 25.8. The Balaban J connectivity index is 0.000000701. The number of likely N-dealkylation sites (N-methyl/N-ethyl adjacent to an activating group) is 1. The molecule has 1 fully saturated rings. The van der Waals surface area contributed by atoms with Crippen molar-refractivity contribution in [2.45, 2.75) is 18.6 Å². The van der Waals surface area contributed by atoms with Gasteiger partial charge in [0.05, 0.1) is 12.1 Å². The maximum atomic E-state index is 12.4. The predicted molar refractivity (Wildman–Crippen MR) is 90.9 cm³/mol. The lowest BCUT2D eigenvalue weighted by molar-refractivity contribution is -0.132. The van der Waals surface area contributed by atoms with Crippen LogP contribution < -0.4 is 0 Å². The van der Waals surface area contributed by atoms with E-state index in [1.54, 1.807) is 4.90 Å². The number of carboxylic acid groups (broad SMARTS) is 1. The van der Waals surface area contributed by atoms with Gasteiger partial charge in [-0.25, -0.2) is 0 Å². The zero-order valence-corrected chi connectivity index (χ0v) is 14.4. The molecule has 0 spiro atoms. The van der Waals surface area contributed by atoms with E-state index in [-0.39, 0.29) is 18.9 Å². The molecular formula is C16H23N5O4. The first kappa shape index (κ1) is 18.8. The maximum Gasteiger partial charge on any atom is 0.290 e. The standard InChI is InChI=1S/C15H21N5O2.CH2O2/c1-18(2)10-15(22)7-8-19(11-15)14(21)9-20-16-12-5-3-4-6-13(12)17-20;2-1-3/h3-6,22H,7-11H2,1-2H3;1H,(H,2,3). The van der Waals surface area contributed by atoms with E-state index in [4.69, 9.17) is 9.90 Å². The van der Waals surface area contributed by atoms with Gasteiger partial charge in [-0.15, -0.1) is 0 Å². The highest BCUT2D eigenvalue weighted by atomic mass is 16.3. The average molecular weight is 349 g/mol. The number of carbonyl (C=O) groups excluding carboxylic acids is 1. The molecule has 3 rings (SSSR count). The molecule has 0 aliphatic carbocycles. The molecule has 1 aliphatic rings. The van der Waals surface area contributed by atoms with Gasteiger partial charge in [-0.2, -0.15) is 15.0 Å². The van der Waals surface area contributed by atoms with Crippen LogP contribution in [0.4, 0.5) is 0 Å². The van der Waals surface area contributed by atoms with Crippen LogP contribution in [0.25, 0.3) is 11.0 Å². The second-order valence-electron chi connectivity index (χ2n) is 6.35. The van der Waals surface area contributed by atoms with Gasteiger partial charge in [-0.05, 0) is 32.6 Å². The number of hydrogen-bond acceptors (Lipinski definition) is 6. The number of β-amino-alcohol motifs (C(OH)–C–C–N with tert-alkyl or cyclic N) is 1. The van der Waals surface area contributed by atoms with E-state index >= 15 is 0 Å². The highest BCUT2D eigenvalue weighted by molar-refractivity contribution is 5.77. The minimum Gasteiger partial charge on any atom is -0.483 e. The normalized spacial score (nSPS) is 19.8. The lowest BCUT2D eigenvalue weighted by Crippen LogP contribution is -2.44. The smallest absolute Gasteiger partial charge is 0.290 e. The van der Waals surface area contributed by atoms with Gasteiger partial charge < -0.3 is 20.0 Å². The molecule has 1 saturated heterocycles. The Morgan fingerprint density at radius 3 is 2.40 bits per heavy atom. The second kappa shape index (κ2) is 8.04. The van der Waals surface area contributed by atoms with Gasteiger partial charge in [0.2, 0.25) is 5.91 Å². The van der Waals surface area contributed by atoms with Crippen LogP contribution in [0.3, 0.4) is 0 Å². The molecule has 1 aromatic heterocycles. The SMILES string of the molecule is CN(C)CC1(O)CCN(C(=O)Cn2nc3ccccc3n2)C1.O=CO. The number of nitrogens with zero attached hydrogens (tertiary/aromatic N) is 5. The van der Waals surface area contributed by atoms with E-state index in [9.17, 15) is 9.90 Å². The Morgan fingerprint density at radius 2 is 1.88 bits per heavy atom. The summed E-state index contributed by atoms with van der Waals surface area (Å²) in [7, 11) is 3.84. The van der Waals surface area contributed by atoms with E-state index in [1.807, 2.05) is 43.3 Å². The topological polar surface area (TPSA) is 112 Å². The molecule has 25 heavy (non-hydrogen) atoms. The summed E-state index contributed by atoms with van der Waals surface area (Å²) in [5, 5.41) is 26.0. The van der Waals surface area contributed by atoms with Crippen LogP contribution >= 0.6 is 0 Å². The Morgan fingerprint density at radius 1 is 1.32 bits per heavy atom. The number of rotatable bonds is 4. The molecule has 2 aromatic rings. The van der Waals surface area contributed by atoms with Gasteiger partial charge >= 0.3 is 0 Å². The van der Waals surface area contributed by atoms with E-state index in [0.717, 1.165) is 11.0 Å². The fourth-order valence-electron chi connectivity index (χ4n) is 2.98. The Hall–Kier alpha value is -2.52. The van der Waals surface area contributed by atoms with Gasteiger partial charge in [0.25, 0.3) is 6.47 Å². The fraction of sp³-hybridized carbons (Fsp3) is 0.500. The van der Waals surface area contributed by atoms with E-state index in [1.165, 1.54) is 4.80 Å². The molecule has 1 aromatic carbocycles. The first-order valence-electron chi connectivity index (χ1n) is 7.89. The van der Waals surface area contributed by atoms with Gasteiger partial charge in [0, 0.05) is 13.1 Å². The average Bonchev–Trinajstić information content (AvgIpc) is 3.10. The van der Waals surface area contributed by atoms with Gasteiger partial charge in [-0.1, -0.05) is 12.1 Å². The van der Waals surface area contributed by atoms with Crippen molar-refractivity contribution < 1.29 is 19.8 Å². The number of likely N-dealkylation sites (tertiary alicyclic amines) is 1. The van der Waals surface area contributed by atoms with E-state index in [2.05, 4.69) is 10.2 Å². The number of carbonyl (C=O) groups is 2. The van der Waals surface area contributed by atoms with Crippen molar-refractivity contribution in [1.82, 2.24) is 24.8 Å². The third-order valence-electron chi connectivity index (χ3n) is 3.90. The van der Waals surface area contributed by atoms with Gasteiger partial charge in [-0.3, -0.25) is 9.59 Å². The predicted octanol–water partition coefficient (Wildman–Crippen LogP) is -0.343. The molecule has 9 heteroatoms. The third kappa shape index (κ3) is 4.97. The molecule has 0 saturated carbocycles. The fourth-order valence-corrected chi connectivity index (χ4v) is 2.98. The molecule has 0 radical (unpaired) electrons. The van der Waals surface area contributed by atoms with Crippen LogP contribution in [0, 0.1) is 0 Å². The van der Waals surface area contributed by atoms with Crippen LogP contribution in [0.2, 0.25) is 0 Å². The maximum absolute atomic E-state index is 12.4. The van der Waals surface area contributed by atoms with Crippen LogP contribution in [0.1, 0.15) is 6.42 Å². The Labute approximate surface area is 145 Å². The van der Waals surface area contributed by atoms with Crippen LogP contribution in [-0.4, -0.2) is 86.7 Å². The molecule has 0 bridgehead atoms. The van der Waals surface area contributed by atoms with E-state index in [0.29, 0.717) is 26.1 Å². The van der Waals surface area contributed by atoms with Crippen LogP contribution in [0.5, 0.6) is 0 Å². The summed E-state index contributed by atoms with van der Waals surface area (Å²) in [5.74, 6) is -0.0602. The number of hydrogen-bond donors (Lipinski definition) is 2. The second-order valence-corrected chi connectivity index (χ2v) is 6.35. The number of amides is 1. The van der Waals surface area contributed by atoms with Gasteiger partial charge in [0.15, 0.2) is 0 Å². The summed E-state index contributed by atoms with van der Waals surface area (Å²) in [6.45, 7) is 1.35. The monoisotopic (exact) mass is 349 g/mol. The highest BCUT2D eigenvalue weighted by Gasteiger charge is 2.38. The summed E-state index contributed by atoms with van der Waals surface area (Å²) in [5.41, 5.74) is 0.739. The van der Waals surface area contributed by atoms with Crippen molar-refractivity contribution in [1.29, 1.82) is 0 Å². The Bertz CT molecular complexity index is 699. The molecule has 136 valence electrons. The number of aromatic nitrogens is 3. The summed E-state index contributed by atoms with van der Waals surface area (Å²) >= 11 is 0. The van der Waals surface area contributed by atoms with Crippen LogP contribution in [0.15, 0.2) is 24.3 Å². The molecule has 1 atom stereocenters. The molecular weight excluding hydrogens is 326 g/mol. The number of benzene rings is 1. The first-order chi connectivity index (χ1) is 11.9. The summed E-state index contributed by atoms with van der Waals surface area (Å²) in [6, 6.07) is 7.53. The molecule has 1 unspecified atom stereocenters. The van der Waals surface area contributed by atoms with E-state index < -0.39 is 5.60 Å². The van der Waals surface area contributed by atoms with Crippen molar-refractivity contribution in [3.05, 3.63) is 24.3 Å². The zero-order valence-electron chi connectivity index (χ0n) is 14.4. The van der Waals surface area contributed by atoms with Crippen LogP contribution in [-0.2, 0) is 16.1 Å². The summed E-state index contributed by atoms with van der Waals surface area (Å²) < 4.78 is 0. The largest absolute Gasteiger partial charge is 0.483 e. The minimum absolute atomic E-state index is 0.0602. The quantitative estimate of drug-likeness (QED) is 0.726. The van der Waals surface area contributed by atoms with Crippen molar-refractivity contribution >= 4 is 23.4 Å². The molecule has 1 aliphatic heterocycles. The molecule has 2 heterocycles. The lowest BCUT2D eigenvalue weighted by atomic mass is 10.0. The first-order valence-corrected chi connectivity index (χ1v) is 7.89. The lowest BCUT2D eigenvalue weighted by Gasteiger charge is -2.26. The highest BCUT2D eigenvalue weighted by Crippen LogP contribution is 2.22. The van der Waals surface area contributed by atoms with Crippen molar-refractivity contribution in [3.8, 4) is 0 Å². The van der Waals surface area contributed by atoms with Gasteiger partial charge in [0.1, 0.15) is 17.6 Å². The minimum atomic E-state index is -0.818. The molecule has 9 nitrogen and oxygen atoms in total. The van der Waals surface area contributed by atoms with Crippen molar-refractivity contribution in [2.24, 2.45) is 0 Å². The third-order valence-corrected chi connectivity index (χ3v) is 3.90.